The van der Waals surface area contributed by atoms with Gasteiger partial charge in [0.2, 0.25) is 0 Å². The van der Waals surface area contributed by atoms with Crippen molar-refractivity contribution in [1.29, 1.82) is 0 Å². The maximum absolute atomic E-state index is 12.8. The molecule has 1 fully saturated rings. The predicted molar refractivity (Wildman–Crippen MR) is 109 cm³/mol. The Bertz CT molecular complexity index is 772. The first-order chi connectivity index (χ1) is 12.8. The molecule has 1 N–H and O–H groups in total. The lowest BCUT2D eigenvalue weighted by molar-refractivity contribution is -0.115. The number of carbonyl (C=O) groups excluding carboxylic acids is 1. The van der Waals surface area contributed by atoms with Crippen molar-refractivity contribution >= 4 is 29.1 Å². The number of benzene rings is 2. The highest BCUT2D eigenvalue weighted by Crippen LogP contribution is 2.35. The molecule has 1 atom stereocenters. The lowest BCUT2D eigenvalue weighted by Crippen LogP contribution is -2.40. The van der Waals surface area contributed by atoms with Crippen LogP contribution in [0.25, 0.3) is 0 Å². The third kappa shape index (κ3) is 3.78. The van der Waals surface area contributed by atoms with Gasteiger partial charge >= 0.3 is 0 Å². The normalized spacial score (nSPS) is 20.7. The minimum Gasteiger partial charge on any atom is -0.348 e. The van der Waals surface area contributed by atoms with E-state index in [1.165, 1.54) is 5.56 Å². The standard InChI is InChI=1S/C21H23N3OS/c25-21(22-17-11-13-26-14-12-17)19-15-20(16-7-3-1-4-8-16)24(23-19)18-9-5-2-6-10-18/h1-10,17,20H,11-15H2,(H,22,25)/t20-/m1/s1. The molecule has 0 saturated carbocycles. The summed E-state index contributed by atoms with van der Waals surface area (Å²) < 4.78 is 0. The van der Waals surface area contributed by atoms with Crippen molar-refractivity contribution in [2.45, 2.75) is 31.3 Å². The van der Waals surface area contributed by atoms with Crippen LogP contribution in [0.15, 0.2) is 65.8 Å². The number of thioether (sulfide) groups is 1. The van der Waals surface area contributed by atoms with Gasteiger partial charge in [-0.2, -0.15) is 16.9 Å². The average Bonchev–Trinajstić information content (AvgIpc) is 3.16. The Morgan fingerprint density at radius 3 is 2.35 bits per heavy atom. The van der Waals surface area contributed by atoms with Crippen LogP contribution in [0.1, 0.15) is 30.9 Å². The fourth-order valence-corrected chi connectivity index (χ4v) is 4.62. The van der Waals surface area contributed by atoms with E-state index in [9.17, 15) is 4.79 Å². The lowest BCUT2D eigenvalue weighted by Gasteiger charge is -2.23. The van der Waals surface area contributed by atoms with E-state index in [0.29, 0.717) is 12.1 Å². The zero-order chi connectivity index (χ0) is 17.8. The van der Waals surface area contributed by atoms with Gasteiger partial charge in [-0.25, -0.2) is 0 Å². The fourth-order valence-electron chi connectivity index (χ4n) is 3.51. The van der Waals surface area contributed by atoms with Crippen molar-refractivity contribution in [3.8, 4) is 0 Å². The number of rotatable bonds is 4. The van der Waals surface area contributed by atoms with Crippen LogP contribution < -0.4 is 10.3 Å². The zero-order valence-corrected chi connectivity index (χ0v) is 15.5. The Balaban J connectivity index is 1.56. The Labute approximate surface area is 158 Å². The van der Waals surface area contributed by atoms with Gasteiger partial charge in [-0.05, 0) is 42.0 Å². The Kier molecular flexibility index (Phi) is 5.25. The first kappa shape index (κ1) is 17.2. The first-order valence-electron chi connectivity index (χ1n) is 9.16. The molecule has 5 heteroatoms. The minimum atomic E-state index is -0.0127. The summed E-state index contributed by atoms with van der Waals surface area (Å²) in [6.45, 7) is 0. The molecule has 2 heterocycles. The van der Waals surface area contributed by atoms with Gasteiger partial charge in [0, 0.05) is 12.5 Å². The molecule has 0 aromatic heterocycles. The van der Waals surface area contributed by atoms with E-state index < -0.39 is 0 Å². The third-order valence-corrected chi connectivity index (χ3v) is 5.98. The Morgan fingerprint density at radius 1 is 1.00 bits per heavy atom. The lowest BCUT2D eigenvalue weighted by atomic mass is 10.0. The summed E-state index contributed by atoms with van der Waals surface area (Å²) in [6.07, 6.45) is 2.73. The van der Waals surface area contributed by atoms with Gasteiger partial charge in [-0.15, -0.1) is 0 Å². The maximum atomic E-state index is 12.8. The molecular weight excluding hydrogens is 342 g/mol. The van der Waals surface area contributed by atoms with E-state index in [2.05, 4.69) is 17.4 Å². The van der Waals surface area contributed by atoms with Gasteiger partial charge < -0.3 is 5.32 Å². The summed E-state index contributed by atoms with van der Waals surface area (Å²) in [5.74, 6) is 2.24. The minimum absolute atomic E-state index is 0.0127. The molecule has 0 radical (unpaired) electrons. The number of amides is 1. The summed E-state index contributed by atoms with van der Waals surface area (Å²) in [5.41, 5.74) is 2.82. The number of nitrogens with zero attached hydrogens (tertiary/aromatic N) is 2. The second kappa shape index (κ2) is 7.96. The summed E-state index contributed by atoms with van der Waals surface area (Å²) in [6, 6.07) is 20.7. The summed E-state index contributed by atoms with van der Waals surface area (Å²) in [5, 5.41) is 9.90. The molecule has 26 heavy (non-hydrogen) atoms. The van der Waals surface area contributed by atoms with Crippen molar-refractivity contribution in [1.82, 2.24) is 5.32 Å². The molecule has 0 unspecified atom stereocenters. The molecule has 0 aliphatic carbocycles. The van der Waals surface area contributed by atoms with Gasteiger partial charge in [0.1, 0.15) is 5.71 Å². The third-order valence-electron chi connectivity index (χ3n) is 4.93. The van der Waals surface area contributed by atoms with Gasteiger partial charge in [0.05, 0.1) is 11.7 Å². The molecule has 2 aliphatic heterocycles. The van der Waals surface area contributed by atoms with Crippen molar-refractivity contribution in [2.75, 3.05) is 16.5 Å². The second-order valence-corrected chi connectivity index (χ2v) is 7.94. The molecule has 2 aromatic carbocycles. The second-order valence-electron chi connectivity index (χ2n) is 6.72. The molecular formula is C21H23N3OS. The van der Waals surface area contributed by atoms with E-state index in [0.717, 1.165) is 30.0 Å². The zero-order valence-electron chi connectivity index (χ0n) is 14.7. The molecule has 1 saturated heterocycles. The SMILES string of the molecule is O=C(NC1CCSCC1)C1=NN(c2ccccc2)[C@@H](c2ccccc2)C1. The van der Waals surface area contributed by atoms with Crippen LogP contribution in [0.4, 0.5) is 5.69 Å². The number of nitrogens with one attached hydrogen (secondary N) is 1. The smallest absolute Gasteiger partial charge is 0.267 e. The monoisotopic (exact) mass is 365 g/mol. The van der Waals surface area contributed by atoms with E-state index in [-0.39, 0.29) is 18.0 Å². The molecule has 0 spiro atoms. The maximum Gasteiger partial charge on any atom is 0.267 e. The molecule has 0 bridgehead atoms. The van der Waals surface area contributed by atoms with E-state index >= 15 is 0 Å². The molecule has 2 aromatic rings. The van der Waals surface area contributed by atoms with Crippen molar-refractivity contribution in [3.05, 3.63) is 66.2 Å². The number of para-hydroxylation sites is 1. The average molecular weight is 366 g/mol. The van der Waals surface area contributed by atoms with Crippen molar-refractivity contribution in [3.63, 3.8) is 0 Å². The molecule has 2 aliphatic rings. The van der Waals surface area contributed by atoms with E-state index in [4.69, 9.17) is 5.10 Å². The van der Waals surface area contributed by atoms with Gasteiger partial charge in [0.15, 0.2) is 0 Å². The highest BCUT2D eigenvalue weighted by molar-refractivity contribution is 7.99. The number of carbonyl (C=O) groups is 1. The van der Waals surface area contributed by atoms with Gasteiger partial charge in [0.25, 0.3) is 5.91 Å². The van der Waals surface area contributed by atoms with Crippen molar-refractivity contribution in [2.24, 2.45) is 5.10 Å². The quantitative estimate of drug-likeness (QED) is 0.890. The predicted octanol–water partition coefficient (Wildman–Crippen LogP) is 4.01. The van der Waals surface area contributed by atoms with E-state index in [1.807, 2.05) is 65.3 Å². The van der Waals surface area contributed by atoms with Crippen LogP contribution in [0.2, 0.25) is 0 Å². The summed E-state index contributed by atoms with van der Waals surface area (Å²) in [4.78, 5) is 12.8. The highest BCUT2D eigenvalue weighted by Gasteiger charge is 2.33. The molecule has 1 amide bonds. The molecule has 4 nitrogen and oxygen atoms in total. The number of hydrazone groups is 1. The summed E-state index contributed by atoms with van der Waals surface area (Å²) in [7, 11) is 0. The first-order valence-corrected chi connectivity index (χ1v) is 10.3. The fraction of sp³-hybridized carbons (Fsp3) is 0.333. The van der Waals surface area contributed by atoms with Crippen LogP contribution in [-0.2, 0) is 4.79 Å². The number of hydrogen-bond acceptors (Lipinski definition) is 4. The number of hydrogen-bond donors (Lipinski definition) is 1. The largest absolute Gasteiger partial charge is 0.348 e. The highest BCUT2D eigenvalue weighted by atomic mass is 32.2. The van der Waals surface area contributed by atoms with E-state index in [1.54, 1.807) is 0 Å². The van der Waals surface area contributed by atoms with Crippen LogP contribution >= 0.6 is 11.8 Å². The van der Waals surface area contributed by atoms with Crippen molar-refractivity contribution < 1.29 is 4.79 Å². The van der Waals surface area contributed by atoms with Crippen LogP contribution in [0.3, 0.4) is 0 Å². The Hall–Kier alpha value is -2.27. The molecule has 134 valence electrons. The van der Waals surface area contributed by atoms with Gasteiger partial charge in [-0.1, -0.05) is 48.5 Å². The van der Waals surface area contributed by atoms with Gasteiger partial charge in [-0.3, -0.25) is 9.80 Å². The molecule has 4 rings (SSSR count). The number of anilines is 1. The van der Waals surface area contributed by atoms with Crippen LogP contribution in [0.5, 0.6) is 0 Å². The topological polar surface area (TPSA) is 44.7 Å². The van der Waals surface area contributed by atoms with Crippen LogP contribution in [-0.4, -0.2) is 29.2 Å². The summed E-state index contributed by atoms with van der Waals surface area (Å²) >= 11 is 1.96. The van der Waals surface area contributed by atoms with Crippen LogP contribution in [0, 0.1) is 0 Å². The Morgan fingerprint density at radius 2 is 1.65 bits per heavy atom.